The minimum absolute atomic E-state index is 0.320. The van der Waals surface area contributed by atoms with Crippen LogP contribution in [0.2, 0.25) is 0 Å². The van der Waals surface area contributed by atoms with Gasteiger partial charge in [0.05, 0.1) is 5.75 Å². The number of nitrogens with one attached hydrogen (secondary N) is 1. The Morgan fingerprint density at radius 2 is 2.00 bits per heavy atom. The highest BCUT2D eigenvalue weighted by Crippen LogP contribution is 1.99. The normalized spacial score (nSPS) is 20.1. The topological polar surface area (TPSA) is 49.4 Å². The lowest BCUT2D eigenvalue weighted by Gasteiger charge is -2.18. The van der Waals surface area contributed by atoms with Crippen LogP contribution >= 0.6 is 0 Å². The van der Waals surface area contributed by atoms with E-state index < -0.39 is 9.84 Å². The molecule has 90 valence electrons. The molecular formula is C10H22N2O2S. The first-order valence-electron chi connectivity index (χ1n) is 5.77. The Bertz CT molecular complexity index is 257. The van der Waals surface area contributed by atoms with Gasteiger partial charge in [0, 0.05) is 25.4 Å². The smallest absolute Gasteiger partial charge is 0.151 e. The molecule has 0 aromatic heterocycles. The van der Waals surface area contributed by atoms with E-state index in [4.69, 9.17) is 0 Å². The summed E-state index contributed by atoms with van der Waals surface area (Å²) >= 11 is 0. The molecular weight excluding hydrogens is 212 g/mol. The molecule has 5 heteroatoms. The van der Waals surface area contributed by atoms with Crippen LogP contribution in [0.15, 0.2) is 0 Å². The summed E-state index contributed by atoms with van der Waals surface area (Å²) < 4.78 is 23.0. The minimum atomic E-state index is -2.81. The van der Waals surface area contributed by atoms with Gasteiger partial charge in [0.25, 0.3) is 0 Å². The van der Waals surface area contributed by atoms with Crippen molar-refractivity contribution in [2.75, 3.05) is 44.2 Å². The molecule has 0 aromatic rings. The van der Waals surface area contributed by atoms with Crippen LogP contribution in [0.1, 0.15) is 19.8 Å². The highest BCUT2D eigenvalue weighted by atomic mass is 32.2. The number of hydrogen-bond acceptors (Lipinski definition) is 4. The minimum Gasteiger partial charge on any atom is -0.315 e. The third kappa shape index (κ3) is 5.49. The van der Waals surface area contributed by atoms with E-state index in [0.717, 1.165) is 39.0 Å². The zero-order valence-electron chi connectivity index (χ0n) is 9.54. The van der Waals surface area contributed by atoms with Crippen LogP contribution in [0.5, 0.6) is 0 Å². The van der Waals surface area contributed by atoms with E-state index in [2.05, 4.69) is 10.2 Å². The Kier molecular flexibility index (Phi) is 5.56. The molecule has 1 aliphatic rings. The van der Waals surface area contributed by atoms with Gasteiger partial charge >= 0.3 is 0 Å². The van der Waals surface area contributed by atoms with Crippen LogP contribution in [0.3, 0.4) is 0 Å². The van der Waals surface area contributed by atoms with E-state index in [0.29, 0.717) is 18.1 Å². The molecule has 0 bridgehead atoms. The highest BCUT2D eigenvalue weighted by molar-refractivity contribution is 7.91. The summed E-state index contributed by atoms with van der Waals surface area (Å²) in [5.41, 5.74) is 0. The molecule has 0 spiro atoms. The Morgan fingerprint density at radius 3 is 2.73 bits per heavy atom. The van der Waals surface area contributed by atoms with E-state index in [1.165, 1.54) is 0 Å². The third-order valence-electron chi connectivity index (χ3n) is 2.67. The van der Waals surface area contributed by atoms with E-state index in [9.17, 15) is 8.42 Å². The average Bonchev–Trinajstić information content (AvgIpc) is 2.43. The van der Waals surface area contributed by atoms with E-state index >= 15 is 0 Å². The molecule has 0 amide bonds. The molecule has 15 heavy (non-hydrogen) atoms. The van der Waals surface area contributed by atoms with Gasteiger partial charge in [-0.05, 0) is 25.9 Å². The first-order chi connectivity index (χ1) is 7.14. The van der Waals surface area contributed by atoms with Crippen LogP contribution in [-0.2, 0) is 9.84 Å². The highest BCUT2D eigenvalue weighted by Gasteiger charge is 2.13. The summed E-state index contributed by atoms with van der Waals surface area (Å²) in [6.45, 7) is 6.64. The Morgan fingerprint density at radius 1 is 1.20 bits per heavy atom. The van der Waals surface area contributed by atoms with Gasteiger partial charge in [-0.25, -0.2) is 8.42 Å². The molecule has 1 heterocycles. The van der Waals surface area contributed by atoms with Crippen LogP contribution in [0, 0.1) is 0 Å². The van der Waals surface area contributed by atoms with Crippen LogP contribution in [0.4, 0.5) is 0 Å². The monoisotopic (exact) mass is 234 g/mol. The van der Waals surface area contributed by atoms with Crippen molar-refractivity contribution in [2.24, 2.45) is 0 Å². The Labute approximate surface area is 93.0 Å². The van der Waals surface area contributed by atoms with Crippen LogP contribution in [-0.4, -0.2) is 57.5 Å². The molecule has 4 nitrogen and oxygen atoms in total. The lowest BCUT2D eigenvalue weighted by atomic mass is 10.4. The molecule has 0 radical (unpaired) electrons. The van der Waals surface area contributed by atoms with Crippen molar-refractivity contribution in [1.82, 2.24) is 10.2 Å². The van der Waals surface area contributed by atoms with Gasteiger partial charge < -0.3 is 10.2 Å². The second kappa shape index (κ2) is 6.45. The summed E-state index contributed by atoms with van der Waals surface area (Å²) in [7, 11) is -2.81. The fourth-order valence-corrected chi connectivity index (χ4v) is 3.17. The molecule has 1 N–H and O–H groups in total. The Balaban J connectivity index is 2.28. The van der Waals surface area contributed by atoms with Crippen molar-refractivity contribution >= 4 is 9.84 Å². The predicted octanol–water partition coefficient (Wildman–Crippen LogP) is 0.107. The van der Waals surface area contributed by atoms with Gasteiger partial charge in [0.1, 0.15) is 0 Å². The number of nitrogens with zero attached hydrogens (tertiary/aromatic N) is 1. The maximum atomic E-state index is 11.5. The summed E-state index contributed by atoms with van der Waals surface area (Å²) in [4.78, 5) is 2.24. The number of rotatable bonds is 5. The van der Waals surface area contributed by atoms with Gasteiger partial charge in [-0.3, -0.25) is 0 Å². The lowest BCUT2D eigenvalue weighted by molar-refractivity contribution is 0.309. The second-order valence-corrected chi connectivity index (χ2v) is 6.40. The molecule has 0 aliphatic carbocycles. The second-order valence-electron chi connectivity index (χ2n) is 4.10. The molecule has 1 fully saturated rings. The zero-order chi connectivity index (χ0) is 11.1. The first kappa shape index (κ1) is 12.9. The summed E-state index contributed by atoms with van der Waals surface area (Å²) in [6.07, 6.45) is 1.84. The molecule has 0 atom stereocenters. The van der Waals surface area contributed by atoms with Crippen molar-refractivity contribution in [3.8, 4) is 0 Å². The van der Waals surface area contributed by atoms with Crippen molar-refractivity contribution in [2.45, 2.75) is 19.8 Å². The molecule has 0 saturated carbocycles. The zero-order valence-corrected chi connectivity index (χ0v) is 10.4. The SMILES string of the molecule is CCCS(=O)(=O)CCN1CCCNCC1. The van der Waals surface area contributed by atoms with Crippen molar-refractivity contribution in [3.05, 3.63) is 0 Å². The molecule has 0 unspecified atom stereocenters. The van der Waals surface area contributed by atoms with Gasteiger partial charge in [-0.1, -0.05) is 6.92 Å². The van der Waals surface area contributed by atoms with Crippen molar-refractivity contribution in [1.29, 1.82) is 0 Å². The van der Waals surface area contributed by atoms with Crippen molar-refractivity contribution < 1.29 is 8.42 Å². The fraction of sp³-hybridized carbons (Fsp3) is 1.00. The van der Waals surface area contributed by atoms with Gasteiger partial charge in [-0.15, -0.1) is 0 Å². The quantitative estimate of drug-likeness (QED) is 0.733. The number of hydrogen-bond donors (Lipinski definition) is 1. The predicted molar refractivity (Wildman–Crippen MR) is 62.9 cm³/mol. The molecule has 1 saturated heterocycles. The van der Waals surface area contributed by atoms with Gasteiger partial charge in [0.15, 0.2) is 9.84 Å². The van der Waals surface area contributed by atoms with Crippen LogP contribution < -0.4 is 5.32 Å². The lowest BCUT2D eigenvalue weighted by Crippen LogP contribution is -2.33. The van der Waals surface area contributed by atoms with E-state index in [-0.39, 0.29) is 0 Å². The maximum Gasteiger partial charge on any atom is 0.151 e. The molecule has 1 aliphatic heterocycles. The van der Waals surface area contributed by atoms with E-state index in [1.807, 2.05) is 6.92 Å². The standard InChI is InChI=1S/C10H22N2O2S/c1-2-9-15(13,14)10-8-12-6-3-4-11-5-7-12/h11H,2-10H2,1H3. The van der Waals surface area contributed by atoms with Crippen LogP contribution in [0.25, 0.3) is 0 Å². The van der Waals surface area contributed by atoms with E-state index in [1.54, 1.807) is 0 Å². The maximum absolute atomic E-state index is 11.5. The summed E-state index contributed by atoms with van der Waals surface area (Å²) in [6, 6.07) is 0. The number of sulfone groups is 1. The molecule has 0 aromatic carbocycles. The van der Waals surface area contributed by atoms with Crippen molar-refractivity contribution in [3.63, 3.8) is 0 Å². The first-order valence-corrected chi connectivity index (χ1v) is 7.59. The average molecular weight is 234 g/mol. The molecule has 1 rings (SSSR count). The van der Waals surface area contributed by atoms with Gasteiger partial charge in [-0.2, -0.15) is 0 Å². The fourth-order valence-electron chi connectivity index (χ4n) is 1.81. The third-order valence-corrected chi connectivity index (χ3v) is 4.50. The summed E-state index contributed by atoms with van der Waals surface area (Å²) in [5.74, 6) is 0.653. The Hall–Kier alpha value is -0.130. The summed E-state index contributed by atoms with van der Waals surface area (Å²) in [5, 5.41) is 3.31. The van der Waals surface area contributed by atoms with Gasteiger partial charge in [0.2, 0.25) is 0 Å². The largest absolute Gasteiger partial charge is 0.315 e.